The number of benzene rings is 2. The maximum Gasteiger partial charge on any atom is 0.126 e. The zero-order valence-electron chi connectivity index (χ0n) is 9.73. The SMILES string of the molecule is CCC=Cc1c(OC)ccc2ccccc12. The van der Waals surface area contributed by atoms with Gasteiger partial charge in [-0.15, -0.1) is 0 Å². The number of hydrogen-bond donors (Lipinski definition) is 0. The molecule has 2 aromatic rings. The Morgan fingerprint density at radius 2 is 1.94 bits per heavy atom. The van der Waals surface area contributed by atoms with E-state index in [2.05, 4.69) is 49.4 Å². The average Bonchev–Trinajstić information content (AvgIpc) is 2.35. The fraction of sp³-hybridized carbons (Fsp3) is 0.200. The van der Waals surface area contributed by atoms with Crippen molar-refractivity contribution in [3.8, 4) is 5.75 Å². The van der Waals surface area contributed by atoms with Crippen LogP contribution in [0.3, 0.4) is 0 Å². The number of allylic oxidation sites excluding steroid dienone is 1. The van der Waals surface area contributed by atoms with Crippen LogP contribution in [0, 0.1) is 0 Å². The molecule has 2 aromatic carbocycles. The van der Waals surface area contributed by atoms with Crippen LogP contribution >= 0.6 is 0 Å². The fourth-order valence-electron chi connectivity index (χ4n) is 1.86. The van der Waals surface area contributed by atoms with E-state index in [1.165, 1.54) is 16.3 Å². The lowest BCUT2D eigenvalue weighted by atomic mass is 10.0. The Hall–Kier alpha value is -1.76. The molecule has 0 saturated heterocycles. The van der Waals surface area contributed by atoms with E-state index >= 15 is 0 Å². The second-order valence-corrected chi connectivity index (χ2v) is 3.71. The molecule has 0 atom stereocenters. The van der Waals surface area contributed by atoms with E-state index in [1.54, 1.807) is 7.11 Å². The molecule has 0 aromatic heterocycles. The predicted molar refractivity (Wildman–Crippen MR) is 69.8 cm³/mol. The summed E-state index contributed by atoms with van der Waals surface area (Å²) in [7, 11) is 1.72. The van der Waals surface area contributed by atoms with Crippen molar-refractivity contribution in [2.24, 2.45) is 0 Å². The standard InChI is InChI=1S/C15H16O/c1-3-4-8-14-13-9-6-5-7-12(13)10-11-15(14)16-2/h4-11H,3H2,1-2H3. The average molecular weight is 212 g/mol. The van der Waals surface area contributed by atoms with Gasteiger partial charge in [0.05, 0.1) is 7.11 Å². The van der Waals surface area contributed by atoms with E-state index in [1.807, 2.05) is 6.07 Å². The third kappa shape index (κ3) is 1.94. The van der Waals surface area contributed by atoms with Gasteiger partial charge in [-0.1, -0.05) is 49.4 Å². The Morgan fingerprint density at radius 1 is 1.12 bits per heavy atom. The van der Waals surface area contributed by atoms with Gasteiger partial charge in [0.15, 0.2) is 0 Å². The summed E-state index contributed by atoms with van der Waals surface area (Å²) in [6, 6.07) is 12.5. The maximum atomic E-state index is 5.40. The minimum Gasteiger partial charge on any atom is -0.496 e. The normalized spacial score (nSPS) is 11.1. The summed E-state index contributed by atoms with van der Waals surface area (Å²) < 4.78 is 5.40. The third-order valence-corrected chi connectivity index (χ3v) is 2.67. The molecule has 0 N–H and O–H groups in total. The zero-order valence-corrected chi connectivity index (χ0v) is 9.73. The Morgan fingerprint density at radius 3 is 2.69 bits per heavy atom. The third-order valence-electron chi connectivity index (χ3n) is 2.67. The van der Waals surface area contributed by atoms with Gasteiger partial charge >= 0.3 is 0 Å². The minimum atomic E-state index is 0.934. The molecule has 0 heterocycles. The molecule has 0 spiro atoms. The van der Waals surface area contributed by atoms with Gasteiger partial charge in [-0.25, -0.2) is 0 Å². The summed E-state index contributed by atoms with van der Waals surface area (Å²) in [5, 5.41) is 2.49. The molecule has 0 aliphatic rings. The lowest BCUT2D eigenvalue weighted by molar-refractivity contribution is 0.414. The monoisotopic (exact) mass is 212 g/mol. The molecule has 1 heteroatoms. The molecule has 0 unspecified atom stereocenters. The van der Waals surface area contributed by atoms with Gasteiger partial charge < -0.3 is 4.74 Å². The number of methoxy groups -OCH3 is 1. The minimum absolute atomic E-state index is 0.934. The molecule has 82 valence electrons. The lowest BCUT2D eigenvalue weighted by Crippen LogP contribution is -1.88. The zero-order chi connectivity index (χ0) is 11.4. The van der Waals surface area contributed by atoms with E-state index in [0.29, 0.717) is 0 Å². The van der Waals surface area contributed by atoms with Crippen LogP contribution in [-0.4, -0.2) is 7.11 Å². The van der Waals surface area contributed by atoms with E-state index in [0.717, 1.165) is 12.2 Å². The van der Waals surface area contributed by atoms with Gasteiger partial charge in [0.25, 0.3) is 0 Å². The van der Waals surface area contributed by atoms with Crippen molar-refractivity contribution in [1.29, 1.82) is 0 Å². The highest BCUT2D eigenvalue weighted by molar-refractivity contribution is 5.93. The van der Waals surface area contributed by atoms with Gasteiger partial charge in [0, 0.05) is 5.56 Å². The van der Waals surface area contributed by atoms with Crippen molar-refractivity contribution in [1.82, 2.24) is 0 Å². The summed E-state index contributed by atoms with van der Waals surface area (Å²) in [5.74, 6) is 0.934. The highest BCUT2D eigenvalue weighted by Gasteiger charge is 2.04. The molecule has 2 rings (SSSR count). The first-order valence-electron chi connectivity index (χ1n) is 5.59. The summed E-state index contributed by atoms with van der Waals surface area (Å²) in [4.78, 5) is 0. The molecule has 0 fully saturated rings. The quantitative estimate of drug-likeness (QED) is 0.738. The van der Waals surface area contributed by atoms with Crippen LogP contribution in [0.15, 0.2) is 42.5 Å². The Kier molecular flexibility index (Phi) is 3.25. The molecule has 0 amide bonds. The van der Waals surface area contributed by atoms with Crippen molar-refractivity contribution in [3.63, 3.8) is 0 Å². The van der Waals surface area contributed by atoms with E-state index < -0.39 is 0 Å². The van der Waals surface area contributed by atoms with Gasteiger partial charge in [-0.05, 0) is 23.3 Å². The number of rotatable bonds is 3. The van der Waals surface area contributed by atoms with Crippen LogP contribution in [0.2, 0.25) is 0 Å². The molecular formula is C15H16O. The van der Waals surface area contributed by atoms with E-state index in [-0.39, 0.29) is 0 Å². The Labute approximate surface area is 96.4 Å². The fourth-order valence-corrected chi connectivity index (χ4v) is 1.86. The number of hydrogen-bond acceptors (Lipinski definition) is 1. The molecule has 1 nitrogen and oxygen atoms in total. The lowest BCUT2D eigenvalue weighted by Gasteiger charge is -2.08. The largest absolute Gasteiger partial charge is 0.496 e. The second kappa shape index (κ2) is 4.84. The number of ether oxygens (including phenoxy) is 1. The van der Waals surface area contributed by atoms with Crippen LogP contribution in [0.4, 0.5) is 0 Å². The van der Waals surface area contributed by atoms with Crippen molar-refractivity contribution in [2.45, 2.75) is 13.3 Å². The first kappa shape index (κ1) is 10.7. The summed E-state index contributed by atoms with van der Waals surface area (Å²) in [6.45, 7) is 2.13. The summed E-state index contributed by atoms with van der Waals surface area (Å²) in [5.41, 5.74) is 1.17. The molecule has 0 saturated carbocycles. The Balaban J connectivity index is 2.68. The summed E-state index contributed by atoms with van der Waals surface area (Å²) >= 11 is 0. The van der Waals surface area contributed by atoms with Crippen molar-refractivity contribution in [2.75, 3.05) is 7.11 Å². The second-order valence-electron chi connectivity index (χ2n) is 3.71. The molecule has 16 heavy (non-hydrogen) atoms. The Bertz CT molecular complexity index is 512. The maximum absolute atomic E-state index is 5.40. The molecule has 0 radical (unpaired) electrons. The van der Waals surface area contributed by atoms with Crippen molar-refractivity contribution < 1.29 is 4.74 Å². The van der Waals surface area contributed by atoms with Crippen molar-refractivity contribution in [3.05, 3.63) is 48.0 Å². The van der Waals surface area contributed by atoms with Crippen LogP contribution in [0.1, 0.15) is 18.9 Å². The van der Waals surface area contributed by atoms with Gasteiger partial charge in [-0.2, -0.15) is 0 Å². The van der Waals surface area contributed by atoms with Crippen LogP contribution in [0.25, 0.3) is 16.8 Å². The first-order valence-corrected chi connectivity index (χ1v) is 5.59. The topological polar surface area (TPSA) is 9.23 Å². The van der Waals surface area contributed by atoms with Crippen LogP contribution in [0.5, 0.6) is 5.75 Å². The van der Waals surface area contributed by atoms with E-state index in [4.69, 9.17) is 4.74 Å². The van der Waals surface area contributed by atoms with E-state index in [9.17, 15) is 0 Å². The molecule has 0 bridgehead atoms. The van der Waals surface area contributed by atoms with Gasteiger partial charge in [0.1, 0.15) is 5.75 Å². The smallest absolute Gasteiger partial charge is 0.126 e. The summed E-state index contributed by atoms with van der Waals surface area (Å²) in [6.07, 6.45) is 5.33. The van der Waals surface area contributed by atoms with Crippen molar-refractivity contribution >= 4 is 16.8 Å². The highest BCUT2D eigenvalue weighted by atomic mass is 16.5. The predicted octanol–water partition coefficient (Wildman–Crippen LogP) is 4.27. The van der Waals surface area contributed by atoms with Gasteiger partial charge in [-0.3, -0.25) is 0 Å². The molecule has 0 aliphatic heterocycles. The molecule has 0 aliphatic carbocycles. The first-order chi connectivity index (χ1) is 7.86. The van der Waals surface area contributed by atoms with Gasteiger partial charge in [0.2, 0.25) is 0 Å². The highest BCUT2D eigenvalue weighted by Crippen LogP contribution is 2.29. The molecular weight excluding hydrogens is 196 g/mol. The number of fused-ring (bicyclic) bond motifs is 1. The van der Waals surface area contributed by atoms with Crippen LogP contribution in [-0.2, 0) is 0 Å². The van der Waals surface area contributed by atoms with Crippen LogP contribution < -0.4 is 4.74 Å².